The Bertz CT molecular complexity index is 223. The first-order valence-corrected chi connectivity index (χ1v) is 2.58. The van der Waals surface area contributed by atoms with Crippen molar-refractivity contribution in [3.63, 3.8) is 0 Å². The molecule has 10 heavy (non-hydrogen) atoms. The predicted molar refractivity (Wildman–Crippen MR) is 33.5 cm³/mol. The number of carbonyl (C=O) groups is 1. The van der Waals surface area contributed by atoms with Crippen LogP contribution in [0, 0.1) is 0 Å². The summed E-state index contributed by atoms with van der Waals surface area (Å²) in [5, 5.41) is 8.88. The van der Waals surface area contributed by atoms with E-state index in [-0.39, 0.29) is 22.2 Å². The SMILES string of the molecule is O=Cc1ccccc1O.[Ni+2]. The van der Waals surface area contributed by atoms with E-state index in [1.165, 1.54) is 6.07 Å². The summed E-state index contributed by atoms with van der Waals surface area (Å²) in [6, 6.07) is 6.40. The normalized spacial score (nSPS) is 8.00. The van der Waals surface area contributed by atoms with Crippen LogP contribution < -0.4 is 0 Å². The third-order valence-electron chi connectivity index (χ3n) is 1.06. The number of aldehydes is 1. The van der Waals surface area contributed by atoms with Gasteiger partial charge in [0.25, 0.3) is 0 Å². The van der Waals surface area contributed by atoms with Crippen molar-refractivity contribution in [2.45, 2.75) is 0 Å². The number of benzene rings is 1. The first kappa shape index (κ1) is 9.18. The molecule has 3 heteroatoms. The molecule has 0 atom stereocenters. The molecule has 0 aliphatic heterocycles. The zero-order chi connectivity index (χ0) is 6.69. The van der Waals surface area contributed by atoms with Crippen LogP contribution in [0.3, 0.4) is 0 Å². The Morgan fingerprint density at radius 2 is 1.90 bits per heavy atom. The molecular weight excluding hydrogens is 175 g/mol. The van der Waals surface area contributed by atoms with Crippen LogP contribution in [-0.2, 0) is 16.5 Å². The molecule has 0 fully saturated rings. The molecule has 0 aliphatic carbocycles. The van der Waals surface area contributed by atoms with Gasteiger partial charge >= 0.3 is 16.5 Å². The van der Waals surface area contributed by atoms with Gasteiger partial charge in [0.1, 0.15) is 5.75 Å². The fourth-order valence-corrected chi connectivity index (χ4v) is 0.587. The van der Waals surface area contributed by atoms with E-state index >= 15 is 0 Å². The molecule has 0 bridgehead atoms. The predicted octanol–water partition coefficient (Wildman–Crippen LogP) is 1.20. The summed E-state index contributed by atoms with van der Waals surface area (Å²) < 4.78 is 0. The third kappa shape index (κ3) is 1.85. The topological polar surface area (TPSA) is 37.3 Å². The molecule has 54 valence electrons. The van der Waals surface area contributed by atoms with Gasteiger partial charge in [-0.2, -0.15) is 0 Å². The summed E-state index contributed by atoms with van der Waals surface area (Å²) >= 11 is 0. The molecule has 0 amide bonds. The van der Waals surface area contributed by atoms with Crippen molar-refractivity contribution in [2.75, 3.05) is 0 Å². The minimum Gasteiger partial charge on any atom is -0.507 e. The van der Waals surface area contributed by atoms with Gasteiger partial charge in [0.15, 0.2) is 6.29 Å². The largest absolute Gasteiger partial charge is 2.00 e. The molecular formula is C7H6NiO2+2. The number of aromatic hydroxyl groups is 1. The molecule has 1 rings (SSSR count). The molecule has 1 aromatic rings. The molecule has 1 N–H and O–H groups in total. The molecule has 0 heterocycles. The second-order valence-corrected chi connectivity index (χ2v) is 1.68. The maximum atomic E-state index is 10.1. The van der Waals surface area contributed by atoms with Crippen molar-refractivity contribution in [1.82, 2.24) is 0 Å². The summed E-state index contributed by atoms with van der Waals surface area (Å²) in [6.07, 6.45) is 0.620. The van der Waals surface area contributed by atoms with E-state index in [0.29, 0.717) is 11.8 Å². The smallest absolute Gasteiger partial charge is 0.507 e. The summed E-state index contributed by atoms with van der Waals surface area (Å²) in [5.74, 6) is 0.0347. The van der Waals surface area contributed by atoms with Crippen molar-refractivity contribution < 1.29 is 26.4 Å². The van der Waals surface area contributed by atoms with Crippen LogP contribution >= 0.6 is 0 Å². The van der Waals surface area contributed by atoms with Crippen LogP contribution in [0.4, 0.5) is 0 Å². The summed E-state index contributed by atoms with van der Waals surface area (Å²) in [6.45, 7) is 0. The summed E-state index contributed by atoms with van der Waals surface area (Å²) in [4.78, 5) is 10.1. The van der Waals surface area contributed by atoms with E-state index in [1.54, 1.807) is 18.2 Å². The minimum atomic E-state index is 0. The molecule has 2 nitrogen and oxygen atoms in total. The van der Waals surface area contributed by atoms with E-state index in [4.69, 9.17) is 5.11 Å². The average Bonchev–Trinajstić information content (AvgIpc) is 1.89. The summed E-state index contributed by atoms with van der Waals surface area (Å²) in [7, 11) is 0. The van der Waals surface area contributed by atoms with Gasteiger partial charge in [-0.05, 0) is 12.1 Å². The standard InChI is InChI=1S/C7H6O2.Ni/c8-5-6-3-1-2-4-7(6)9;/h1-5,9H;/q;+2. The van der Waals surface area contributed by atoms with Gasteiger partial charge in [0.2, 0.25) is 0 Å². The van der Waals surface area contributed by atoms with E-state index in [1.807, 2.05) is 0 Å². The third-order valence-corrected chi connectivity index (χ3v) is 1.06. The maximum absolute atomic E-state index is 10.1. The first-order valence-electron chi connectivity index (χ1n) is 2.58. The Kier molecular flexibility index (Phi) is 3.74. The van der Waals surface area contributed by atoms with Crippen LogP contribution in [0.2, 0.25) is 0 Å². The molecule has 0 unspecified atom stereocenters. The minimum absolute atomic E-state index is 0. The van der Waals surface area contributed by atoms with E-state index in [9.17, 15) is 4.79 Å². The van der Waals surface area contributed by atoms with E-state index in [0.717, 1.165) is 0 Å². The van der Waals surface area contributed by atoms with Crippen molar-refractivity contribution in [3.8, 4) is 5.75 Å². The van der Waals surface area contributed by atoms with Crippen molar-refractivity contribution in [2.24, 2.45) is 0 Å². The van der Waals surface area contributed by atoms with Crippen LogP contribution in [0.15, 0.2) is 24.3 Å². The maximum Gasteiger partial charge on any atom is 2.00 e. The Labute approximate surface area is 68.8 Å². The molecule has 1 aromatic carbocycles. The fraction of sp³-hybridized carbons (Fsp3) is 0. The van der Waals surface area contributed by atoms with Gasteiger partial charge in [-0.3, -0.25) is 4.79 Å². The molecule has 0 saturated carbocycles. The van der Waals surface area contributed by atoms with E-state index < -0.39 is 0 Å². The Morgan fingerprint density at radius 3 is 2.30 bits per heavy atom. The zero-order valence-corrected chi connectivity index (χ0v) is 6.05. The monoisotopic (exact) mass is 180 g/mol. The number of hydrogen-bond donors (Lipinski definition) is 1. The Balaban J connectivity index is 0.000000810. The fourth-order valence-electron chi connectivity index (χ4n) is 0.587. The zero-order valence-electron chi connectivity index (χ0n) is 5.06. The molecule has 0 radical (unpaired) electrons. The number of carbonyl (C=O) groups excluding carboxylic acids is 1. The van der Waals surface area contributed by atoms with Crippen molar-refractivity contribution in [3.05, 3.63) is 29.8 Å². The summed E-state index contributed by atoms with van der Waals surface area (Å²) in [5.41, 5.74) is 0.331. The number of hydrogen-bond acceptors (Lipinski definition) is 2. The number of para-hydroxylation sites is 1. The van der Waals surface area contributed by atoms with Crippen LogP contribution in [0.5, 0.6) is 5.75 Å². The van der Waals surface area contributed by atoms with Gasteiger partial charge in [0, 0.05) is 0 Å². The van der Waals surface area contributed by atoms with Gasteiger partial charge in [-0.25, -0.2) is 0 Å². The van der Waals surface area contributed by atoms with E-state index in [2.05, 4.69) is 0 Å². The van der Waals surface area contributed by atoms with Crippen molar-refractivity contribution >= 4 is 6.29 Å². The van der Waals surface area contributed by atoms with Gasteiger partial charge in [0.05, 0.1) is 5.56 Å². The number of rotatable bonds is 1. The second-order valence-electron chi connectivity index (χ2n) is 1.68. The van der Waals surface area contributed by atoms with Crippen LogP contribution in [0.25, 0.3) is 0 Å². The second kappa shape index (κ2) is 4.07. The van der Waals surface area contributed by atoms with Crippen molar-refractivity contribution in [1.29, 1.82) is 0 Å². The molecule has 0 spiro atoms. The number of phenolic OH excluding ortho intramolecular Hbond substituents is 1. The van der Waals surface area contributed by atoms with Crippen LogP contribution in [0.1, 0.15) is 10.4 Å². The number of phenols is 1. The molecule has 0 saturated heterocycles. The average molecular weight is 181 g/mol. The van der Waals surface area contributed by atoms with Gasteiger partial charge in [-0.15, -0.1) is 0 Å². The van der Waals surface area contributed by atoms with Gasteiger partial charge in [-0.1, -0.05) is 12.1 Å². The Hall–Kier alpha value is -0.816. The Morgan fingerprint density at radius 1 is 1.30 bits per heavy atom. The first-order chi connectivity index (χ1) is 4.34. The molecule has 0 aliphatic rings. The quantitative estimate of drug-likeness (QED) is 0.521. The van der Waals surface area contributed by atoms with Gasteiger partial charge < -0.3 is 5.11 Å². The molecule has 0 aromatic heterocycles. The van der Waals surface area contributed by atoms with Crippen LogP contribution in [-0.4, -0.2) is 11.4 Å².